The predicted molar refractivity (Wildman–Crippen MR) is 195 cm³/mol. The van der Waals surface area contributed by atoms with E-state index in [1.54, 1.807) is 6.92 Å². The molecule has 3 N–H and O–H groups in total. The van der Waals surface area contributed by atoms with Crippen molar-refractivity contribution in [3.05, 3.63) is 151 Å². The highest BCUT2D eigenvalue weighted by atomic mass is 16.6. The van der Waals surface area contributed by atoms with Crippen LogP contribution in [0.2, 0.25) is 0 Å². The van der Waals surface area contributed by atoms with Gasteiger partial charge in [0.25, 0.3) is 0 Å². The molecule has 0 heterocycles. The molecule has 0 spiro atoms. The second-order valence-electron chi connectivity index (χ2n) is 12.1. The minimum Gasteiger partial charge on any atom is -0.490 e. The topological polar surface area (TPSA) is 114 Å². The summed E-state index contributed by atoms with van der Waals surface area (Å²) in [7, 11) is 0. The Kier molecular flexibility index (Phi) is 12.9. The number of carbonyl (C=O) groups is 3. The number of benzene rings is 5. The molecule has 3 atom stereocenters. The van der Waals surface area contributed by atoms with Crippen LogP contribution < -0.4 is 15.4 Å². The van der Waals surface area contributed by atoms with Crippen molar-refractivity contribution >= 4 is 17.8 Å². The van der Waals surface area contributed by atoms with Crippen molar-refractivity contribution in [3.63, 3.8) is 0 Å². The summed E-state index contributed by atoms with van der Waals surface area (Å²) < 4.78 is 11.4. The van der Waals surface area contributed by atoms with Gasteiger partial charge in [0.2, 0.25) is 5.91 Å². The number of carboxylic acids is 1. The third kappa shape index (κ3) is 10.9. The van der Waals surface area contributed by atoms with Crippen molar-refractivity contribution in [3.8, 4) is 28.0 Å². The average Bonchev–Trinajstić information content (AvgIpc) is 3.14. The van der Waals surface area contributed by atoms with Crippen LogP contribution in [0.4, 0.5) is 0 Å². The van der Waals surface area contributed by atoms with Crippen molar-refractivity contribution in [1.82, 2.24) is 10.6 Å². The van der Waals surface area contributed by atoms with Crippen LogP contribution in [0.3, 0.4) is 0 Å². The molecule has 5 aromatic carbocycles. The standard InChI is InChI=1S/C42H42N2O6/c1-30(27-40(45)46)43-41(47)38(28-31-17-21-35(22-18-31)33-11-5-2-6-12-33)44-39(42(48)50-26-25-49-37-15-9-4-10-16-37)29-32-19-23-36(24-20-32)34-13-7-3-8-14-34/h2-24,30,38-39,44H,25-29H2,1H3,(H,43,47)(H,45,46)/t30-,38+,39?/m1/s1. The Hall–Kier alpha value is -5.73. The smallest absolute Gasteiger partial charge is 0.323 e. The summed E-state index contributed by atoms with van der Waals surface area (Å²) in [6.07, 6.45) is 0.286. The zero-order chi connectivity index (χ0) is 35.1. The van der Waals surface area contributed by atoms with Gasteiger partial charge in [-0.3, -0.25) is 19.7 Å². The molecule has 50 heavy (non-hydrogen) atoms. The molecule has 0 bridgehead atoms. The van der Waals surface area contributed by atoms with Crippen LogP contribution in [0.25, 0.3) is 22.3 Å². The molecule has 8 nitrogen and oxygen atoms in total. The van der Waals surface area contributed by atoms with Crippen LogP contribution >= 0.6 is 0 Å². The second-order valence-corrected chi connectivity index (χ2v) is 12.1. The first kappa shape index (κ1) is 35.6. The lowest BCUT2D eigenvalue weighted by Crippen LogP contribution is -2.54. The Bertz CT molecular complexity index is 1800. The molecule has 0 aromatic heterocycles. The van der Waals surface area contributed by atoms with Gasteiger partial charge in [0.15, 0.2) is 0 Å². The monoisotopic (exact) mass is 670 g/mol. The van der Waals surface area contributed by atoms with Gasteiger partial charge in [0.1, 0.15) is 25.0 Å². The van der Waals surface area contributed by atoms with Crippen molar-refractivity contribution < 1.29 is 29.0 Å². The van der Waals surface area contributed by atoms with E-state index in [9.17, 15) is 19.5 Å². The minimum atomic E-state index is -1.02. The summed E-state index contributed by atoms with van der Waals surface area (Å²) >= 11 is 0. The quantitative estimate of drug-likeness (QED) is 0.0743. The third-order valence-electron chi connectivity index (χ3n) is 8.21. The number of nitrogens with one attached hydrogen (secondary N) is 2. The number of ether oxygens (including phenoxy) is 2. The van der Waals surface area contributed by atoms with Crippen molar-refractivity contribution in [2.45, 2.75) is 44.3 Å². The summed E-state index contributed by atoms with van der Waals surface area (Å²) in [5.41, 5.74) is 5.99. The van der Waals surface area contributed by atoms with Crippen molar-refractivity contribution in [2.75, 3.05) is 13.2 Å². The first-order valence-electron chi connectivity index (χ1n) is 16.8. The predicted octanol–water partition coefficient (Wildman–Crippen LogP) is 6.73. The van der Waals surface area contributed by atoms with E-state index in [-0.39, 0.29) is 32.5 Å². The van der Waals surface area contributed by atoms with E-state index in [0.717, 1.165) is 33.4 Å². The highest BCUT2D eigenvalue weighted by Crippen LogP contribution is 2.22. The molecular formula is C42H42N2O6. The van der Waals surface area contributed by atoms with Crippen LogP contribution in [-0.4, -0.2) is 54.3 Å². The number of amides is 1. The third-order valence-corrected chi connectivity index (χ3v) is 8.21. The Morgan fingerprint density at radius 1 is 0.600 bits per heavy atom. The molecule has 5 rings (SSSR count). The molecule has 0 aliphatic heterocycles. The first-order chi connectivity index (χ1) is 24.3. The van der Waals surface area contributed by atoms with E-state index in [1.807, 2.05) is 140 Å². The number of carbonyl (C=O) groups excluding carboxylic acids is 2. The Morgan fingerprint density at radius 3 is 1.56 bits per heavy atom. The van der Waals surface area contributed by atoms with Gasteiger partial charge in [0, 0.05) is 6.04 Å². The van der Waals surface area contributed by atoms with Crippen LogP contribution in [0.5, 0.6) is 5.75 Å². The van der Waals surface area contributed by atoms with E-state index < -0.39 is 36.0 Å². The Balaban J connectivity index is 1.35. The fourth-order valence-corrected chi connectivity index (χ4v) is 5.66. The molecular weight excluding hydrogens is 628 g/mol. The zero-order valence-corrected chi connectivity index (χ0v) is 28.0. The second kappa shape index (κ2) is 18.1. The molecule has 0 aliphatic carbocycles. The van der Waals surface area contributed by atoms with Gasteiger partial charge in [-0.1, -0.05) is 127 Å². The maximum absolute atomic E-state index is 13.7. The molecule has 0 saturated carbocycles. The number of hydrogen-bond donors (Lipinski definition) is 3. The molecule has 8 heteroatoms. The summed E-state index contributed by atoms with van der Waals surface area (Å²) in [5, 5.41) is 15.4. The Labute approximate surface area is 293 Å². The Morgan fingerprint density at radius 2 is 1.06 bits per heavy atom. The summed E-state index contributed by atoms with van der Waals surface area (Å²) in [4.78, 5) is 38.8. The molecule has 1 amide bonds. The number of hydrogen-bond acceptors (Lipinski definition) is 6. The minimum absolute atomic E-state index is 0.0201. The molecule has 5 aromatic rings. The van der Waals surface area contributed by atoms with Gasteiger partial charge in [-0.15, -0.1) is 0 Å². The maximum Gasteiger partial charge on any atom is 0.323 e. The lowest BCUT2D eigenvalue weighted by Gasteiger charge is -2.26. The van der Waals surface area contributed by atoms with Crippen LogP contribution in [0.1, 0.15) is 24.5 Å². The lowest BCUT2D eigenvalue weighted by atomic mass is 9.97. The van der Waals surface area contributed by atoms with Gasteiger partial charge in [-0.05, 0) is 65.3 Å². The number of esters is 1. The van der Waals surface area contributed by atoms with Gasteiger partial charge >= 0.3 is 11.9 Å². The van der Waals surface area contributed by atoms with Gasteiger partial charge in [-0.2, -0.15) is 0 Å². The highest BCUT2D eigenvalue weighted by molar-refractivity contribution is 5.84. The van der Waals surface area contributed by atoms with E-state index in [0.29, 0.717) is 5.75 Å². The van der Waals surface area contributed by atoms with Crippen molar-refractivity contribution in [1.29, 1.82) is 0 Å². The first-order valence-corrected chi connectivity index (χ1v) is 16.8. The number of rotatable bonds is 17. The molecule has 0 saturated heterocycles. The number of carboxylic acid groups (broad SMARTS) is 1. The van der Waals surface area contributed by atoms with Crippen LogP contribution in [0.15, 0.2) is 140 Å². The molecule has 256 valence electrons. The molecule has 0 aliphatic rings. The summed E-state index contributed by atoms with van der Waals surface area (Å²) in [6, 6.07) is 42.8. The molecule has 0 radical (unpaired) electrons. The lowest BCUT2D eigenvalue weighted by molar-refractivity contribution is -0.147. The normalized spacial score (nSPS) is 12.7. The summed E-state index contributed by atoms with van der Waals surface area (Å²) in [6.45, 7) is 1.83. The molecule has 0 fully saturated rings. The maximum atomic E-state index is 13.7. The van der Waals surface area contributed by atoms with Crippen LogP contribution in [-0.2, 0) is 32.0 Å². The van der Waals surface area contributed by atoms with Gasteiger partial charge < -0.3 is 19.9 Å². The van der Waals surface area contributed by atoms with E-state index in [4.69, 9.17) is 9.47 Å². The molecule has 1 unspecified atom stereocenters. The zero-order valence-electron chi connectivity index (χ0n) is 28.0. The average molecular weight is 671 g/mol. The number of aliphatic carboxylic acids is 1. The van der Waals surface area contributed by atoms with Gasteiger partial charge in [-0.25, -0.2) is 0 Å². The van der Waals surface area contributed by atoms with E-state index in [2.05, 4.69) is 10.6 Å². The fraction of sp³-hybridized carbons (Fsp3) is 0.214. The SMILES string of the molecule is C[C@H](CC(=O)O)NC(=O)[C@H](Cc1ccc(-c2ccccc2)cc1)NC(Cc1ccc(-c2ccccc2)cc1)C(=O)OCCOc1ccccc1. The van der Waals surface area contributed by atoms with E-state index >= 15 is 0 Å². The van der Waals surface area contributed by atoms with E-state index in [1.165, 1.54) is 0 Å². The highest BCUT2D eigenvalue weighted by Gasteiger charge is 2.29. The number of para-hydroxylation sites is 1. The fourth-order valence-electron chi connectivity index (χ4n) is 5.66. The largest absolute Gasteiger partial charge is 0.490 e. The summed E-state index contributed by atoms with van der Waals surface area (Å²) in [5.74, 6) is -1.28. The van der Waals surface area contributed by atoms with Gasteiger partial charge in [0.05, 0.1) is 12.5 Å². The van der Waals surface area contributed by atoms with Crippen LogP contribution in [0, 0.1) is 0 Å². The van der Waals surface area contributed by atoms with Crippen molar-refractivity contribution in [2.24, 2.45) is 0 Å².